The zero-order chi connectivity index (χ0) is 19.3. The number of carbonyl (C=O) groups excluding carboxylic acids is 1. The monoisotopic (exact) mass is 374 g/mol. The lowest BCUT2D eigenvalue weighted by atomic mass is 10.1. The summed E-state index contributed by atoms with van der Waals surface area (Å²) in [6, 6.07) is 11.5. The number of carbonyl (C=O) groups is 1. The van der Waals surface area contributed by atoms with Crippen LogP contribution in [0, 0.1) is 6.92 Å². The molecule has 0 aliphatic carbocycles. The van der Waals surface area contributed by atoms with Crippen LogP contribution < -0.4 is 16.0 Å². The number of aryl methyl sites for hydroxylation is 1. The Morgan fingerprint density at radius 1 is 0.929 bits per heavy atom. The second kappa shape index (κ2) is 8.04. The first-order chi connectivity index (χ1) is 13.7. The lowest BCUT2D eigenvalue weighted by Crippen LogP contribution is -2.25. The Labute approximate surface area is 163 Å². The van der Waals surface area contributed by atoms with Crippen molar-refractivity contribution in [1.82, 2.24) is 20.3 Å². The molecular weight excluding hydrogens is 352 g/mol. The quantitative estimate of drug-likeness (QED) is 0.558. The van der Waals surface area contributed by atoms with Gasteiger partial charge in [-0.05, 0) is 55.7 Å². The van der Waals surface area contributed by atoms with Crippen LogP contribution in [0.3, 0.4) is 0 Å². The van der Waals surface area contributed by atoms with E-state index in [4.69, 9.17) is 0 Å². The van der Waals surface area contributed by atoms with E-state index in [-0.39, 0.29) is 5.91 Å². The summed E-state index contributed by atoms with van der Waals surface area (Å²) in [5, 5.41) is 9.53. The maximum absolute atomic E-state index is 12.6. The summed E-state index contributed by atoms with van der Waals surface area (Å²) in [7, 11) is 0. The maximum Gasteiger partial charge on any atom is 0.251 e. The number of rotatable bonds is 0. The Morgan fingerprint density at radius 3 is 2.64 bits per heavy atom. The van der Waals surface area contributed by atoms with Gasteiger partial charge in [-0.2, -0.15) is 0 Å². The fraction of sp³-hybridized carbons (Fsp3) is 0.238. The Bertz CT molecular complexity index is 1000. The first-order valence-corrected chi connectivity index (χ1v) is 9.38. The van der Waals surface area contributed by atoms with E-state index in [0.717, 1.165) is 47.7 Å². The van der Waals surface area contributed by atoms with Crippen molar-refractivity contribution < 1.29 is 4.79 Å². The summed E-state index contributed by atoms with van der Waals surface area (Å²) < 4.78 is 0. The van der Waals surface area contributed by atoms with Crippen molar-refractivity contribution in [3.8, 4) is 11.3 Å². The van der Waals surface area contributed by atoms with Gasteiger partial charge in [-0.3, -0.25) is 4.79 Å². The molecule has 6 bridgehead atoms. The molecule has 3 N–H and O–H groups in total. The Kier molecular flexibility index (Phi) is 5.14. The van der Waals surface area contributed by atoms with Crippen molar-refractivity contribution in [1.29, 1.82) is 0 Å². The molecular formula is C21H22N6O. The first-order valence-electron chi connectivity index (χ1n) is 9.38. The molecule has 0 unspecified atom stereocenters. The van der Waals surface area contributed by atoms with Crippen LogP contribution in [0.25, 0.3) is 11.3 Å². The molecule has 1 aliphatic heterocycles. The molecule has 7 heteroatoms. The molecule has 142 valence electrons. The lowest BCUT2D eigenvalue weighted by Gasteiger charge is -2.11. The number of fused-ring (bicyclic) bond motifs is 7. The highest BCUT2D eigenvalue weighted by molar-refractivity contribution is 5.96. The maximum atomic E-state index is 12.6. The average molecular weight is 374 g/mol. The Hall–Kier alpha value is -3.48. The van der Waals surface area contributed by atoms with Crippen LogP contribution in [0.2, 0.25) is 0 Å². The van der Waals surface area contributed by atoms with Crippen LogP contribution in [-0.2, 0) is 0 Å². The van der Waals surface area contributed by atoms with Crippen molar-refractivity contribution in [2.75, 3.05) is 23.7 Å². The number of pyridine rings is 1. The molecule has 3 heterocycles. The second-order valence-electron chi connectivity index (χ2n) is 6.74. The van der Waals surface area contributed by atoms with E-state index in [1.807, 2.05) is 43.3 Å². The molecule has 1 amide bonds. The molecule has 0 spiro atoms. The van der Waals surface area contributed by atoms with Gasteiger partial charge in [-0.15, -0.1) is 0 Å². The minimum Gasteiger partial charge on any atom is -0.370 e. The summed E-state index contributed by atoms with van der Waals surface area (Å²) in [5.41, 5.74) is 4.12. The highest BCUT2D eigenvalue weighted by Crippen LogP contribution is 2.22. The molecule has 7 nitrogen and oxygen atoms in total. The van der Waals surface area contributed by atoms with Gasteiger partial charge in [-0.1, -0.05) is 6.07 Å². The Balaban J connectivity index is 1.71. The van der Waals surface area contributed by atoms with Crippen LogP contribution in [-0.4, -0.2) is 33.9 Å². The molecule has 0 saturated heterocycles. The van der Waals surface area contributed by atoms with Gasteiger partial charge in [0, 0.05) is 42.3 Å². The SMILES string of the molecule is Cc1ccc2cc1C(=O)NCCCCNc1cc(ccn1)-c1ccnc(n1)N2. The number of amides is 1. The summed E-state index contributed by atoms with van der Waals surface area (Å²) in [4.78, 5) is 25.8. The van der Waals surface area contributed by atoms with Crippen molar-refractivity contribution in [3.63, 3.8) is 0 Å². The molecule has 0 fully saturated rings. The van der Waals surface area contributed by atoms with Gasteiger partial charge in [0.2, 0.25) is 5.95 Å². The summed E-state index contributed by atoms with van der Waals surface area (Å²) >= 11 is 0. The number of nitrogens with zero attached hydrogens (tertiary/aromatic N) is 3. The fourth-order valence-electron chi connectivity index (χ4n) is 3.10. The van der Waals surface area contributed by atoms with E-state index in [0.29, 0.717) is 18.1 Å². The summed E-state index contributed by atoms with van der Waals surface area (Å²) in [6.07, 6.45) is 5.31. The molecule has 4 rings (SSSR count). The predicted octanol–water partition coefficient (Wildman–Crippen LogP) is 3.53. The van der Waals surface area contributed by atoms with E-state index in [1.165, 1.54) is 0 Å². The van der Waals surface area contributed by atoms with Gasteiger partial charge in [0.25, 0.3) is 5.91 Å². The molecule has 1 aliphatic rings. The number of aromatic nitrogens is 3. The van der Waals surface area contributed by atoms with Crippen LogP contribution in [0.4, 0.5) is 17.5 Å². The van der Waals surface area contributed by atoms with Crippen molar-refractivity contribution in [2.24, 2.45) is 0 Å². The molecule has 0 atom stereocenters. The number of anilines is 3. The standard InChI is InChI=1S/C21H22N6O/c1-14-4-5-16-13-17(14)20(28)24-9-3-2-8-22-19-12-15(6-10-23-19)18-7-11-25-21(26-16)27-18/h4-7,10-13H,2-3,8-9H2,1H3,(H,22,23)(H,24,28)(H,25,26,27). The zero-order valence-electron chi connectivity index (χ0n) is 15.7. The van der Waals surface area contributed by atoms with E-state index >= 15 is 0 Å². The molecule has 0 saturated carbocycles. The normalized spacial score (nSPS) is 14.2. The van der Waals surface area contributed by atoms with Gasteiger partial charge < -0.3 is 16.0 Å². The fourth-order valence-corrected chi connectivity index (χ4v) is 3.10. The molecule has 0 radical (unpaired) electrons. The van der Waals surface area contributed by atoms with E-state index in [2.05, 4.69) is 30.9 Å². The number of hydrogen-bond acceptors (Lipinski definition) is 6. The average Bonchev–Trinajstić information content (AvgIpc) is 2.72. The largest absolute Gasteiger partial charge is 0.370 e. The summed E-state index contributed by atoms with van der Waals surface area (Å²) in [5.74, 6) is 1.21. The first kappa shape index (κ1) is 17.9. The van der Waals surface area contributed by atoms with E-state index < -0.39 is 0 Å². The highest BCUT2D eigenvalue weighted by atomic mass is 16.1. The van der Waals surface area contributed by atoms with Crippen molar-refractivity contribution in [2.45, 2.75) is 19.8 Å². The van der Waals surface area contributed by atoms with Crippen LogP contribution in [0.5, 0.6) is 0 Å². The highest BCUT2D eigenvalue weighted by Gasteiger charge is 2.11. The molecule has 3 aromatic rings. The smallest absolute Gasteiger partial charge is 0.251 e. The number of nitrogens with one attached hydrogen (secondary N) is 3. The van der Waals surface area contributed by atoms with E-state index in [1.54, 1.807) is 12.4 Å². The Morgan fingerprint density at radius 2 is 1.75 bits per heavy atom. The zero-order valence-corrected chi connectivity index (χ0v) is 15.7. The molecule has 28 heavy (non-hydrogen) atoms. The van der Waals surface area contributed by atoms with Crippen molar-refractivity contribution in [3.05, 3.63) is 59.9 Å². The third-order valence-corrected chi connectivity index (χ3v) is 4.64. The van der Waals surface area contributed by atoms with Gasteiger partial charge in [0.1, 0.15) is 5.82 Å². The van der Waals surface area contributed by atoms with Crippen LogP contribution in [0.1, 0.15) is 28.8 Å². The third kappa shape index (κ3) is 4.09. The van der Waals surface area contributed by atoms with Crippen LogP contribution >= 0.6 is 0 Å². The second-order valence-corrected chi connectivity index (χ2v) is 6.74. The predicted molar refractivity (Wildman–Crippen MR) is 110 cm³/mol. The summed E-state index contributed by atoms with van der Waals surface area (Å²) in [6.45, 7) is 3.36. The van der Waals surface area contributed by atoms with Crippen LogP contribution in [0.15, 0.2) is 48.8 Å². The molecule has 2 aromatic heterocycles. The third-order valence-electron chi connectivity index (χ3n) is 4.64. The van der Waals surface area contributed by atoms with Gasteiger partial charge in [0.05, 0.1) is 5.69 Å². The topological polar surface area (TPSA) is 91.8 Å². The number of benzene rings is 1. The molecule has 1 aromatic carbocycles. The van der Waals surface area contributed by atoms with E-state index in [9.17, 15) is 4.79 Å². The number of hydrogen-bond donors (Lipinski definition) is 3. The van der Waals surface area contributed by atoms with Crippen molar-refractivity contribution >= 4 is 23.4 Å². The van der Waals surface area contributed by atoms with Gasteiger partial charge in [0.15, 0.2) is 0 Å². The van der Waals surface area contributed by atoms with Gasteiger partial charge in [-0.25, -0.2) is 15.0 Å². The minimum atomic E-state index is -0.0681. The lowest BCUT2D eigenvalue weighted by molar-refractivity contribution is 0.0952. The van der Waals surface area contributed by atoms with Gasteiger partial charge >= 0.3 is 0 Å². The minimum absolute atomic E-state index is 0.0681.